The number of rotatable bonds is 8. The average molecular weight is 739 g/mol. The molecule has 0 spiro atoms. The number of carbonyl (C=O) groups is 4. The van der Waals surface area contributed by atoms with Crippen LogP contribution in [0.1, 0.15) is 62.2 Å². The normalized spacial score (nSPS) is 19.9. The summed E-state index contributed by atoms with van der Waals surface area (Å²) in [6.45, 7) is 8.69. The molecule has 2 aromatic heterocycles. The zero-order chi connectivity index (χ0) is 38.0. The van der Waals surface area contributed by atoms with Gasteiger partial charge in [-0.1, -0.05) is 24.3 Å². The fourth-order valence-corrected chi connectivity index (χ4v) is 8.53. The molecule has 3 N–H and O–H groups in total. The number of fused-ring (bicyclic) bond motifs is 3. The lowest BCUT2D eigenvalue weighted by atomic mass is 9.97. The molecule has 280 valence electrons. The Balaban J connectivity index is 0.815. The molecule has 14 heteroatoms. The van der Waals surface area contributed by atoms with Crippen LogP contribution in [0.3, 0.4) is 0 Å². The van der Waals surface area contributed by atoms with Crippen LogP contribution in [0.25, 0.3) is 11.0 Å². The lowest BCUT2D eigenvalue weighted by molar-refractivity contribution is -0.136. The van der Waals surface area contributed by atoms with Crippen LogP contribution in [-0.4, -0.2) is 85.4 Å². The van der Waals surface area contributed by atoms with Crippen LogP contribution in [0.15, 0.2) is 60.8 Å². The first-order valence-electron chi connectivity index (χ1n) is 18.8. The summed E-state index contributed by atoms with van der Waals surface area (Å²) in [5.41, 5.74) is 9.18. The van der Waals surface area contributed by atoms with Crippen LogP contribution in [0.5, 0.6) is 0 Å². The van der Waals surface area contributed by atoms with E-state index in [0.717, 1.165) is 95.5 Å². The highest BCUT2D eigenvalue weighted by atomic mass is 16.2. The Morgan fingerprint density at radius 1 is 0.873 bits per heavy atom. The largest absolute Gasteiger partial charge is 0.371 e. The minimum atomic E-state index is -0.968. The summed E-state index contributed by atoms with van der Waals surface area (Å²) >= 11 is 0. The third kappa shape index (κ3) is 6.35. The molecular formula is C41H42N10O4. The van der Waals surface area contributed by atoms with Gasteiger partial charge in [-0.25, -0.2) is 9.67 Å². The van der Waals surface area contributed by atoms with Gasteiger partial charge in [0.15, 0.2) is 11.5 Å². The molecule has 14 nitrogen and oxygen atoms in total. The number of aromatic nitrogens is 4. The van der Waals surface area contributed by atoms with Crippen molar-refractivity contribution in [2.45, 2.75) is 52.1 Å². The summed E-state index contributed by atoms with van der Waals surface area (Å²) in [5.74, 6) is -0.243. The molecule has 55 heavy (non-hydrogen) atoms. The molecule has 0 saturated carbocycles. The van der Waals surface area contributed by atoms with Gasteiger partial charge in [-0.05, 0) is 91.6 Å². The van der Waals surface area contributed by atoms with E-state index >= 15 is 0 Å². The first-order valence-corrected chi connectivity index (χ1v) is 18.8. The standard InChI is InChI=1S/C41H42N10O4/c1-23-5-4-6-24(2)35(23)45-36-32-19-42-41(46-37(32)48(3)47-36)43-28-8-7-27-22-49(15-14-26(27)17-28)20-25-13-16-50(21-25)29-9-10-30-31(18-29)40(55)51(39(30)54)33-11-12-34(52)44-38(33)53/h4-10,17-19,25,33H,11-16,20-22H2,1-3H3,(H,45,47)(H,42,43,46)(H,44,52,53). The van der Waals surface area contributed by atoms with Gasteiger partial charge in [0, 0.05) is 69.5 Å². The fourth-order valence-electron chi connectivity index (χ4n) is 8.53. The molecular weight excluding hydrogens is 697 g/mol. The quantitative estimate of drug-likeness (QED) is 0.189. The predicted molar refractivity (Wildman–Crippen MR) is 208 cm³/mol. The lowest BCUT2D eigenvalue weighted by Crippen LogP contribution is -2.54. The maximum absolute atomic E-state index is 13.4. The number of para-hydroxylation sites is 1. The average Bonchev–Trinajstić information content (AvgIpc) is 3.83. The number of nitrogens with one attached hydrogen (secondary N) is 3. The number of anilines is 5. The van der Waals surface area contributed by atoms with Crippen molar-refractivity contribution in [3.8, 4) is 0 Å². The summed E-state index contributed by atoms with van der Waals surface area (Å²) in [7, 11) is 1.89. The highest BCUT2D eigenvalue weighted by Crippen LogP contribution is 2.34. The molecule has 0 aliphatic carbocycles. The number of nitrogens with zero attached hydrogens (tertiary/aromatic N) is 7. The zero-order valence-corrected chi connectivity index (χ0v) is 31.1. The Hall–Kier alpha value is -6.15. The van der Waals surface area contributed by atoms with Crippen molar-refractivity contribution in [3.05, 3.63) is 94.2 Å². The molecule has 4 aliphatic rings. The fraction of sp³-hybridized carbons (Fsp3) is 0.341. The van der Waals surface area contributed by atoms with Crippen molar-refractivity contribution >= 4 is 63.5 Å². The molecule has 2 unspecified atom stereocenters. The maximum atomic E-state index is 13.4. The van der Waals surface area contributed by atoms with Crippen LogP contribution in [0.4, 0.5) is 28.8 Å². The molecule has 4 amide bonds. The van der Waals surface area contributed by atoms with Crippen LogP contribution < -0.4 is 20.9 Å². The zero-order valence-electron chi connectivity index (χ0n) is 31.1. The number of amides is 4. The number of hydrogen-bond acceptors (Lipinski definition) is 11. The minimum absolute atomic E-state index is 0.0971. The van der Waals surface area contributed by atoms with Crippen molar-refractivity contribution in [1.29, 1.82) is 0 Å². The Labute approximate surface area is 317 Å². The van der Waals surface area contributed by atoms with E-state index in [-0.39, 0.29) is 18.7 Å². The Morgan fingerprint density at radius 3 is 2.51 bits per heavy atom. The van der Waals surface area contributed by atoms with Crippen molar-refractivity contribution in [3.63, 3.8) is 0 Å². The summed E-state index contributed by atoms with van der Waals surface area (Å²) in [5, 5.41) is 14.7. The van der Waals surface area contributed by atoms with Gasteiger partial charge in [0.1, 0.15) is 6.04 Å². The van der Waals surface area contributed by atoms with E-state index in [1.807, 2.05) is 25.4 Å². The third-order valence-corrected chi connectivity index (χ3v) is 11.4. The highest BCUT2D eigenvalue weighted by Gasteiger charge is 2.45. The number of aryl methyl sites for hydroxylation is 3. The first-order chi connectivity index (χ1) is 26.6. The van der Waals surface area contributed by atoms with Gasteiger partial charge in [0.25, 0.3) is 11.8 Å². The van der Waals surface area contributed by atoms with Crippen LogP contribution in [0.2, 0.25) is 0 Å². The van der Waals surface area contributed by atoms with E-state index in [0.29, 0.717) is 23.0 Å². The molecule has 0 bridgehead atoms. The second-order valence-electron chi connectivity index (χ2n) is 15.2. The monoisotopic (exact) mass is 738 g/mol. The van der Waals surface area contributed by atoms with E-state index in [1.54, 1.807) is 16.8 Å². The third-order valence-electron chi connectivity index (χ3n) is 11.4. The van der Waals surface area contributed by atoms with E-state index in [4.69, 9.17) is 10.1 Å². The lowest BCUT2D eigenvalue weighted by Gasteiger charge is -2.31. The Kier molecular flexibility index (Phi) is 8.56. The van der Waals surface area contributed by atoms with Crippen molar-refractivity contribution < 1.29 is 19.2 Å². The van der Waals surface area contributed by atoms with Crippen LogP contribution in [-0.2, 0) is 29.6 Å². The van der Waals surface area contributed by atoms with Crippen molar-refractivity contribution in [2.24, 2.45) is 13.0 Å². The molecule has 6 heterocycles. The molecule has 2 atom stereocenters. The van der Waals surface area contributed by atoms with Gasteiger partial charge >= 0.3 is 0 Å². The Morgan fingerprint density at radius 2 is 1.69 bits per heavy atom. The smallest absolute Gasteiger partial charge is 0.262 e. The molecule has 4 aliphatic heterocycles. The second kappa shape index (κ2) is 13.6. The number of hydrogen-bond donors (Lipinski definition) is 3. The van der Waals surface area contributed by atoms with Crippen molar-refractivity contribution in [1.82, 2.24) is 34.9 Å². The van der Waals surface area contributed by atoms with Gasteiger partial charge in [-0.2, -0.15) is 10.1 Å². The topological polar surface area (TPSA) is 158 Å². The number of benzene rings is 3. The molecule has 5 aromatic rings. The van der Waals surface area contributed by atoms with Gasteiger partial charge in [0.05, 0.1) is 16.5 Å². The van der Waals surface area contributed by atoms with Gasteiger partial charge in [0.2, 0.25) is 17.8 Å². The SMILES string of the molecule is Cc1cccc(C)c1Nc1nn(C)c2nc(Nc3ccc4c(c3)CCN(CC3CCN(c5ccc6c(c5)C(=O)N(C5CCC(=O)NC5=O)C6=O)C3)C4)ncc12. The van der Waals surface area contributed by atoms with E-state index in [2.05, 4.69) is 74.9 Å². The predicted octanol–water partition coefficient (Wildman–Crippen LogP) is 4.75. The summed E-state index contributed by atoms with van der Waals surface area (Å²) in [6, 6.07) is 17.1. The number of imide groups is 2. The summed E-state index contributed by atoms with van der Waals surface area (Å²) < 4.78 is 1.77. The number of piperidine rings is 1. The molecule has 9 rings (SSSR count). The second-order valence-corrected chi connectivity index (χ2v) is 15.2. The highest BCUT2D eigenvalue weighted by molar-refractivity contribution is 6.23. The van der Waals surface area contributed by atoms with Gasteiger partial charge in [-0.3, -0.25) is 34.3 Å². The van der Waals surface area contributed by atoms with E-state index in [9.17, 15) is 19.2 Å². The van der Waals surface area contributed by atoms with Crippen LogP contribution >= 0.6 is 0 Å². The minimum Gasteiger partial charge on any atom is -0.371 e. The Bertz CT molecular complexity index is 2400. The molecule has 2 saturated heterocycles. The molecule has 3 aromatic carbocycles. The first kappa shape index (κ1) is 34.6. The van der Waals surface area contributed by atoms with Gasteiger partial charge in [-0.15, -0.1) is 0 Å². The summed E-state index contributed by atoms with van der Waals surface area (Å²) in [4.78, 5) is 65.9. The molecule has 0 radical (unpaired) electrons. The van der Waals surface area contributed by atoms with Gasteiger partial charge < -0.3 is 15.5 Å². The number of carbonyl (C=O) groups excluding carboxylic acids is 4. The van der Waals surface area contributed by atoms with Crippen LogP contribution in [0, 0.1) is 19.8 Å². The maximum Gasteiger partial charge on any atom is 0.262 e. The van der Waals surface area contributed by atoms with E-state index < -0.39 is 23.8 Å². The van der Waals surface area contributed by atoms with Crippen molar-refractivity contribution in [2.75, 3.05) is 41.7 Å². The summed E-state index contributed by atoms with van der Waals surface area (Å²) in [6.07, 6.45) is 4.03. The molecule has 2 fully saturated rings. The van der Waals surface area contributed by atoms with E-state index in [1.165, 1.54) is 11.1 Å².